The predicted molar refractivity (Wildman–Crippen MR) is 81.9 cm³/mol. The summed E-state index contributed by atoms with van der Waals surface area (Å²) in [6.07, 6.45) is 3.81. The van der Waals surface area contributed by atoms with Gasteiger partial charge in [-0.3, -0.25) is 4.79 Å². The average Bonchev–Trinajstić information content (AvgIpc) is 3.17. The molecule has 0 aromatic carbocycles. The van der Waals surface area contributed by atoms with Crippen LogP contribution in [0.5, 0.6) is 0 Å². The van der Waals surface area contributed by atoms with Gasteiger partial charge < -0.3 is 15.5 Å². The Hall–Kier alpha value is -1.56. The molecule has 0 unspecified atom stereocenters. The lowest BCUT2D eigenvalue weighted by molar-refractivity contribution is -0.137. The van der Waals surface area contributed by atoms with Gasteiger partial charge in [0.2, 0.25) is 5.91 Å². The lowest BCUT2D eigenvalue weighted by atomic mass is 9.96. The Labute approximate surface area is 128 Å². The van der Waals surface area contributed by atoms with Gasteiger partial charge in [-0.15, -0.1) is 11.3 Å². The Morgan fingerprint density at radius 1 is 1.24 bits per heavy atom. The molecular formula is C15H21N3O2S. The van der Waals surface area contributed by atoms with Gasteiger partial charge in [-0.05, 0) is 37.1 Å². The first-order valence-corrected chi connectivity index (χ1v) is 8.43. The third-order valence-electron chi connectivity index (χ3n) is 4.49. The van der Waals surface area contributed by atoms with Crippen molar-refractivity contribution in [3.05, 3.63) is 22.4 Å². The minimum absolute atomic E-state index is 0.0909. The monoisotopic (exact) mass is 307 g/mol. The van der Waals surface area contributed by atoms with Crippen LogP contribution >= 0.6 is 11.3 Å². The summed E-state index contributed by atoms with van der Waals surface area (Å²) >= 11 is 1.72. The molecule has 2 atom stereocenters. The molecule has 0 spiro atoms. The zero-order valence-corrected chi connectivity index (χ0v) is 12.8. The Bertz CT molecular complexity index is 517. The van der Waals surface area contributed by atoms with Gasteiger partial charge in [0, 0.05) is 24.5 Å². The maximum absolute atomic E-state index is 12.8. The number of hydrogen-bond donors (Lipinski definition) is 1. The van der Waals surface area contributed by atoms with E-state index in [4.69, 9.17) is 5.73 Å². The SMILES string of the molecule is NC(=O)N1CCC[C@@H](C(=O)N2CCC[C@@H]2c2cccs2)C1. The third kappa shape index (κ3) is 2.90. The van der Waals surface area contributed by atoms with E-state index < -0.39 is 6.03 Å². The molecule has 6 heteroatoms. The highest BCUT2D eigenvalue weighted by atomic mass is 32.1. The van der Waals surface area contributed by atoms with Crippen LogP contribution in [0.15, 0.2) is 17.5 Å². The lowest BCUT2D eigenvalue weighted by Crippen LogP contribution is -2.48. The van der Waals surface area contributed by atoms with Crippen molar-refractivity contribution in [2.45, 2.75) is 31.7 Å². The van der Waals surface area contributed by atoms with Gasteiger partial charge in [-0.25, -0.2) is 4.79 Å². The van der Waals surface area contributed by atoms with E-state index in [1.165, 1.54) is 4.88 Å². The minimum atomic E-state index is -0.413. The first-order chi connectivity index (χ1) is 10.2. The molecule has 2 aliphatic rings. The van der Waals surface area contributed by atoms with Crippen LogP contribution in [0.1, 0.15) is 36.6 Å². The molecule has 2 saturated heterocycles. The number of piperidine rings is 1. The fraction of sp³-hybridized carbons (Fsp3) is 0.600. The largest absolute Gasteiger partial charge is 0.351 e. The van der Waals surface area contributed by atoms with Crippen LogP contribution in [0.4, 0.5) is 4.79 Å². The Morgan fingerprint density at radius 2 is 2.05 bits per heavy atom. The van der Waals surface area contributed by atoms with Crippen molar-refractivity contribution in [2.75, 3.05) is 19.6 Å². The molecule has 2 N–H and O–H groups in total. The van der Waals surface area contributed by atoms with Crippen molar-refractivity contribution in [1.29, 1.82) is 0 Å². The first-order valence-electron chi connectivity index (χ1n) is 7.55. The van der Waals surface area contributed by atoms with Crippen molar-refractivity contribution in [2.24, 2.45) is 11.7 Å². The van der Waals surface area contributed by atoms with Crippen molar-refractivity contribution in [3.8, 4) is 0 Å². The molecular weight excluding hydrogens is 286 g/mol. The molecule has 3 rings (SSSR count). The topological polar surface area (TPSA) is 66.6 Å². The number of thiophene rings is 1. The predicted octanol–water partition coefficient (Wildman–Crippen LogP) is 2.20. The van der Waals surface area contributed by atoms with E-state index >= 15 is 0 Å². The highest BCUT2D eigenvalue weighted by Crippen LogP contribution is 2.36. The van der Waals surface area contributed by atoms with Gasteiger partial charge in [0.15, 0.2) is 0 Å². The van der Waals surface area contributed by atoms with E-state index in [9.17, 15) is 9.59 Å². The third-order valence-corrected chi connectivity index (χ3v) is 5.46. The fourth-order valence-electron chi connectivity index (χ4n) is 3.42. The van der Waals surface area contributed by atoms with Crippen LogP contribution in [0, 0.1) is 5.92 Å². The smallest absolute Gasteiger partial charge is 0.314 e. The van der Waals surface area contributed by atoms with Gasteiger partial charge in [0.1, 0.15) is 0 Å². The summed E-state index contributed by atoms with van der Waals surface area (Å²) in [6.45, 7) is 1.98. The molecule has 0 bridgehead atoms. The van der Waals surface area contributed by atoms with Gasteiger partial charge in [-0.1, -0.05) is 6.07 Å². The highest BCUT2D eigenvalue weighted by molar-refractivity contribution is 7.10. The molecule has 1 aromatic rings. The molecule has 0 aliphatic carbocycles. The van der Waals surface area contributed by atoms with Crippen LogP contribution in [0.3, 0.4) is 0 Å². The molecule has 2 aliphatic heterocycles. The zero-order valence-electron chi connectivity index (χ0n) is 12.0. The molecule has 0 saturated carbocycles. The van der Waals surface area contributed by atoms with Crippen molar-refractivity contribution in [1.82, 2.24) is 9.80 Å². The number of likely N-dealkylation sites (tertiary alicyclic amines) is 2. The molecule has 114 valence electrons. The molecule has 21 heavy (non-hydrogen) atoms. The Kier molecular flexibility index (Phi) is 4.14. The van der Waals surface area contributed by atoms with E-state index in [2.05, 4.69) is 11.4 Å². The zero-order chi connectivity index (χ0) is 14.8. The lowest BCUT2D eigenvalue weighted by Gasteiger charge is -2.34. The molecule has 3 heterocycles. The molecule has 2 fully saturated rings. The van der Waals surface area contributed by atoms with Crippen LogP contribution < -0.4 is 5.73 Å². The standard InChI is InChI=1S/C15H21N3O2S/c16-15(20)17-7-1-4-11(10-17)14(19)18-8-2-5-12(18)13-6-3-9-21-13/h3,6,9,11-12H,1-2,4-5,7-8,10H2,(H2,16,20)/t11-,12-/m1/s1. The number of nitrogens with two attached hydrogens (primary N) is 1. The summed E-state index contributed by atoms with van der Waals surface area (Å²) in [5.41, 5.74) is 5.35. The molecule has 5 nitrogen and oxygen atoms in total. The van der Waals surface area contributed by atoms with E-state index in [-0.39, 0.29) is 17.9 Å². The number of urea groups is 1. The van der Waals surface area contributed by atoms with Crippen LogP contribution in [-0.2, 0) is 4.79 Å². The van der Waals surface area contributed by atoms with Crippen LogP contribution in [0.2, 0.25) is 0 Å². The quantitative estimate of drug-likeness (QED) is 0.910. The minimum Gasteiger partial charge on any atom is -0.351 e. The summed E-state index contributed by atoms with van der Waals surface area (Å²) in [4.78, 5) is 29.0. The summed E-state index contributed by atoms with van der Waals surface area (Å²) < 4.78 is 0. The van der Waals surface area contributed by atoms with E-state index in [1.807, 2.05) is 11.0 Å². The Morgan fingerprint density at radius 3 is 2.76 bits per heavy atom. The second-order valence-corrected chi connectivity index (χ2v) is 6.81. The van der Waals surface area contributed by atoms with Crippen LogP contribution in [0.25, 0.3) is 0 Å². The van der Waals surface area contributed by atoms with Crippen molar-refractivity contribution in [3.63, 3.8) is 0 Å². The van der Waals surface area contributed by atoms with E-state index in [1.54, 1.807) is 16.2 Å². The number of amides is 3. The number of carbonyl (C=O) groups excluding carboxylic acids is 2. The Balaban J connectivity index is 1.70. The maximum atomic E-state index is 12.8. The number of primary amides is 1. The number of nitrogens with zero attached hydrogens (tertiary/aromatic N) is 2. The number of carbonyl (C=O) groups is 2. The average molecular weight is 307 g/mol. The van der Waals surface area contributed by atoms with Gasteiger partial charge in [-0.2, -0.15) is 0 Å². The fourth-order valence-corrected chi connectivity index (χ4v) is 4.29. The van der Waals surface area contributed by atoms with Crippen molar-refractivity contribution >= 4 is 23.3 Å². The number of hydrogen-bond acceptors (Lipinski definition) is 3. The molecule has 3 amide bonds. The summed E-state index contributed by atoms with van der Waals surface area (Å²) in [5, 5.41) is 2.06. The second kappa shape index (κ2) is 6.05. The highest BCUT2D eigenvalue weighted by Gasteiger charge is 2.36. The van der Waals surface area contributed by atoms with Crippen molar-refractivity contribution < 1.29 is 9.59 Å². The molecule has 0 radical (unpaired) electrons. The normalized spacial score (nSPS) is 26.1. The summed E-state index contributed by atoms with van der Waals surface area (Å²) in [5.74, 6) is 0.101. The second-order valence-electron chi connectivity index (χ2n) is 5.83. The van der Waals surface area contributed by atoms with Gasteiger partial charge in [0.25, 0.3) is 0 Å². The first kappa shape index (κ1) is 14.4. The van der Waals surface area contributed by atoms with Gasteiger partial charge in [0.05, 0.1) is 12.0 Å². The van der Waals surface area contributed by atoms with Crippen LogP contribution in [-0.4, -0.2) is 41.4 Å². The summed E-state index contributed by atoms with van der Waals surface area (Å²) in [7, 11) is 0. The maximum Gasteiger partial charge on any atom is 0.314 e. The summed E-state index contributed by atoms with van der Waals surface area (Å²) in [6, 6.07) is 3.96. The van der Waals surface area contributed by atoms with E-state index in [0.29, 0.717) is 13.1 Å². The van der Waals surface area contributed by atoms with Gasteiger partial charge >= 0.3 is 6.03 Å². The number of rotatable bonds is 2. The molecule has 1 aromatic heterocycles. The van der Waals surface area contributed by atoms with E-state index in [0.717, 1.165) is 32.2 Å².